The van der Waals surface area contributed by atoms with Crippen molar-refractivity contribution in [3.05, 3.63) is 53.8 Å². The van der Waals surface area contributed by atoms with E-state index in [0.29, 0.717) is 12.4 Å². The second-order valence-corrected chi connectivity index (χ2v) is 6.12. The number of halogens is 1. The van der Waals surface area contributed by atoms with E-state index in [1.54, 1.807) is 25.1 Å². The highest BCUT2D eigenvalue weighted by atomic mass is 32.2. The smallest absolute Gasteiger partial charge is 0.264 e. The summed E-state index contributed by atoms with van der Waals surface area (Å²) < 4.78 is 45.9. The van der Waals surface area contributed by atoms with Crippen molar-refractivity contribution in [1.82, 2.24) is 0 Å². The minimum absolute atomic E-state index is 0.283. The Labute approximate surface area is 123 Å². The van der Waals surface area contributed by atoms with Crippen LogP contribution in [0, 0.1) is 12.7 Å². The lowest BCUT2D eigenvalue weighted by atomic mass is 10.2. The Bertz CT molecular complexity index is 744. The fourth-order valence-corrected chi connectivity index (χ4v) is 3.00. The third-order valence-electron chi connectivity index (χ3n) is 2.81. The molecule has 0 atom stereocenters. The van der Waals surface area contributed by atoms with Crippen LogP contribution in [0.25, 0.3) is 0 Å². The second kappa shape index (κ2) is 6.13. The standard InChI is InChI=1S/C15H16FNO3S/c1-3-20-14-10-11(2)8-9-13(14)17-21(18,19)15-7-5-4-6-12(15)16/h4-10,17H,3H2,1-2H3. The molecule has 0 radical (unpaired) electrons. The summed E-state index contributed by atoms with van der Waals surface area (Å²) in [7, 11) is -4.00. The maximum Gasteiger partial charge on any atom is 0.264 e. The van der Waals surface area contributed by atoms with Crippen molar-refractivity contribution in [2.75, 3.05) is 11.3 Å². The summed E-state index contributed by atoms with van der Waals surface area (Å²) in [6.07, 6.45) is 0. The van der Waals surface area contributed by atoms with Gasteiger partial charge in [0.2, 0.25) is 0 Å². The molecule has 0 spiro atoms. The quantitative estimate of drug-likeness (QED) is 0.921. The number of anilines is 1. The fourth-order valence-electron chi connectivity index (χ4n) is 1.85. The summed E-state index contributed by atoms with van der Waals surface area (Å²) in [6.45, 7) is 4.08. The minimum atomic E-state index is -4.00. The van der Waals surface area contributed by atoms with Gasteiger partial charge in [-0.05, 0) is 43.7 Å². The molecular formula is C15H16FNO3S. The van der Waals surface area contributed by atoms with Crippen LogP contribution in [0.15, 0.2) is 47.4 Å². The molecule has 112 valence electrons. The molecule has 21 heavy (non-hydrogen) atoms. The predicted octanol–water partition coefficient (Wildman–Crippen LogP) is 3.33. The average molecular weight is 309 g/mol. The largest absolute Gasteiger partial charge is 0.492 e. The van der Waals surface area contributed by atoms with Gasteiger partial charge >= 0.3 is 0 Å². The molecule has 0 aromatic heterocycles. The van der Waals surface area contributed by atoms with E-state index in [4.69, 9.17) is 4.74 Å². The summed E-state index contributed by atoms with van der Waals surface area (Å²) in [5.74, 6) is -0.382. The first-order chi connectivity index (χ1) is 9.94. The first kappa shape index (κ1) is 15.3. The van der Waals surface area contributed by atoms with Crippen LogP contribution >= 0.6 is 0 Å². The maximum atomic E-state index is 13.7. The summed E-state index contributed by atoms with van der Waals surface area (Å²) in [6, 6.07) is 10.3. The molecule has 0 amide bonds. The van der Waals surface area contributed by atoms with Crippen LogP contribution in [0.5, 0.6) is 5.75 Å². The molecule has 0 aliphatic rings. The lowest BCUT2D eigenvalue weighted by molar-refractivity contribution is 0.342. The van der Waals surface area contributed by atoms with Gasteiger partial charge in [-0.25, -0.2) is 12.8 Å². The lowest BCUT2D eigenvalue weighted by Gasteiger charge is -2.14. The summed E-state index contributed by atoms with van der Waals surface area (Å²) in [5, 5.41) is 0. The Morgan fingerprint density at radius 3 is 2.57 bits per heavy atom. The molecule has 0 heterocycles. The second-order valence-electron chi connectivity index (χ2n) is 4.47. The SMILES string of the molecule is CCOc1cc(C)ccc1NS(=O)(=O)c1ccccc1F. The monoisotopic (exact) mass is 309 g/mol. The molecule has 6 heteroatoms. The zero-order valence-corrected chi connectivity index (χ0v) is 12.6. The number of rotatable bonds is 5. The van der Waals surface area contributed by atoms with Crippen molar-refractivity contribution in [3.8, 4) is 5.75 Å². The van der Waals surface area contributed by atoms with Crippen LogP contribution in [-0.4, -0.2) is 15.0 Å². The maximum absolute atomic E-state index is 13.7. The zero-order valence-electron chi connectivity index (χ0n) is 11.8. The number of hydrogen-bond donors (Lipinski definition) is 1. The van der Waals surface area contributed by atoms with Gasteiger partial charge in [0.05, 0.1) is 12.3 Å². The molecule has 0 aliphatic heterocycles. The van der Waals surface area contributed by atoms with Gasteiger partial charge in [-0.1, -0.05) is 18.2 Å². The third-order valence-corrected chi connectivity index (χ3v) is 4.21. The van der Waals surface area contributed by atoms with Gasteiger partial charge in [-0.3, -0.25) is 4.72 Å². The van der Waals surface area contributed by atoms with Crippen molar-refractivity contribution >= 4 is 15.7 Å². The topological polar surface area (TPSA) is 55.4 Å². The number of benzene rings is 2. The molecule has 2 aromatic rings. The molecule has 0 unspecified atom stereocenters. The van der Waals surface area contributed by atoms with Crippen molar-refractivity contribution in [2.24, 2.45) is 0 Å². The molecule has 0 saturated carbocycles. The average Bonchev–Trinajstić information content (AvgIpc) is 2.42. The molecule has 0 bridgehead atoms. The minimum Gasteiger partial charge on any atom is -0.492 e. The zero-order chi connectivity index (χ0) is 15.5. The van der Waals surface area contributed by atoms with E-state index < -0.39 is 20.7 Å². The van der Waals surface area contributed by atoms with Crippen LogP contribution in [0.4, 0.5) is 10.1 Å². The number of sulfonamides is 1. The molecule has 0 aliphatic carbocycles. The van der Waals surface area contributed by atoms with Gasteiger partial charge < -0.3 is 4.74 Å². The first-order valence-electron chi connectivity index (χ1n) is 6.45. The van der Waals surface area contributed by atoms with Crippen LogP contribution in [0.3, 0.4) is 0 Å². The van der Waals surface area contributed by atoms with Gasteiger partial charge in [0.25, 0.3) is 10.0 Å². The van der Waals surface area contributed by atoms with E-state index in [0.717, 1.165) is 11.6 Å². The van der Waals surface area contributed by atoms with Crippen molar-refractivity contribution < 1.29 is 17.5 Å². The molecular weight excluding hydrogens is 293 g/mol. The van der Waals surface area contributed by atoms with Gasteiger partial charge in [0, 0.05) is 0 Å². The van der Waals surface area contributed by atoms with E-state index in [2.05, 4.69) is 4.72 Å². The van der Waals surface area contributed by atoms with Crippen LogP contribution in [-0.2, 0) is 10.0 Å². The third kappa shape index (κ3) is 3.52. The summed E-state index contributed by atoms with van der Waals surface area (Å²) in [4.78, 5) is -0.395. The summed E-state index contributed by atoms with van der Waals surface area (Å²) in [5.41, 5.74) is 1.22. The highest BCUT2D eigenvalue weighted by Gasteiger charge is 2.20. The molecule has 4 nitrogen and oxygen atoms in total. The molecule has 1 N–H and O–H groups in total. The van der Waals surface area contributed by atoms with Gasteiger partial charge in [0.15, 0.2) is 0 Å². The van der Waals surface area contributed by atoms with Crippen molar-refractivity contribution in [1.29, 1.82) is 0 Å². The normalized spacial score (nSPS) is 11.2. The fraction of sp³-hybridized carbons (Fsp3) is 0.200. The van der Waals surface area contributed by atoms with Gasteiger partial charge in [0.1, 0.15) is 16.5 Å². The number of nitrogens with one attached hydrogen (secondary N) is 1. The molecule has 0 saturated heterocycles. The van der Waals surface area contributed by atoms with E-state index in [-0.39, 0.29) is 5.69 Å². The van der Waals surface area contributed by atoms with Gasteiger partial charge in [-0.15, -0.1) is 0 Å². The Morgan fingerprint density at radius 1 is 1.19 bits per heavy atom. The molecule has 0 fully saturated rings. The number of aryl methyl sites for hydroxylation is 1. The van der Waals surface area contributed by atoms with E-state index in [1.807, 2.05) is 6.92 Å². The molecule has 2 aromatic carbocycles. The van der Waals surface area contributed by atoms with Gasteiger partial charge in [-0.2, -0.15) is 0 Å². The van der Waals surface area contributed by atoms with Crippen molar-refractivity contribution in [3.63, 3.8) is 0 Å². The highest BCUT2D eigenvalue weighted by Crippen LogP contribution is 2.28. The Morgan fingerprint density at radius 2 is 1.90 bits per heavy atom. The van der Waals surface area contributed by atoms with E-state index in [9.17, 15) is 12.8 Å². The Kier molecular flexibility index (Phi) is 4.47. The summed E-state index contributed by atoms with van der Waals surface area (Å²) >= 11 is 0. The molecule has 2 rings (SSSR count). The Balaban J connectivity index is 2.40. The van der Waals surface area contributed by atoms with Crippen LogP contribution < -0.4 is 9.46 Å². The number of ether oxygens (including phenoxy) is 1. The lowest BCUT2D eigenvalue weighted by Crippen LogP contribution is -2.15. The predicted molar refractivity (Wildman–Crippen MR) is 79.6 cm³/mol. The van der Waals surface area contributed by atoms with Crippen LogP contribution in [0.1, 0.15) is 12.5 Å². The van der Waals surface area contributed by atoms with Crippen LogP contribution in [0.2, 0.25) is 0 Å². The highest BCUT2D eigenvalue weighted by molar-refractivity contribution is 7.92. The number of hydrogen-bond acceptors (Lipinski definition) is 3. The van der Waals surface area contributed by atoms with E-state index >= 15 is 0 Å². The van der Waals surface area contributed by atoms with Crippen molar-refractivity contribution in [2.45, 2.75) is 18.7 Å². The van der Waals surface area contributed by atoms with E-state index in [1.165, 1.54) is 18.2 Å². The first-order valence-corrected chi connectivity index (χ1v) is 7.93. The Hall–Kier alpha value is -2.08.